The van der Waals surface area contributed by atoms with Crippen molar-refractivity contribution in [2.24, 2.45) is 0 Å². The van der Waals surface area contributed by atoms with Gasteiger partial charge in [-0.25, -0.2) is 0 Å². The van der Waals surface area contributed by atoms with E-state index in [9.17, 15) is 0 Å². The lowest BCUT2D eigenvalue weighted by Crippen LogP contribution is -2.18. The van der Waals surface area contributed by atoms with Crippen LogP contribution >= 0.6 is 27.5 Å². The van der Waals surface area contributed by atoms with E-state index in [4.69, 9.17) is 11.6 Å². The fourth-order valence-corrected chi connectivity index (χ4v) is 2.33. The molecule has 1 atom stereocenters. The molecule has 0 fully saturated rings. The van der Waals surface area contributed by atoms with Crippen LogP contribution in [-0.4, -0.2) is 0 Å². The van der Waals surface area contributed by atoms with Crippen LogP contribution in [0.4, 0.5) is 0 Å². The Hall–Kier alpha value is -0.830. The van der Waals surface area contributed by atoms with E-state index >= 15 is 0 Å². The molecule has 2 rings (SSSR count). The second-order valence-electron chi connectivity index (χ2n) is 4.25. The van der Waals surface area contributed by atoms with Crippen molar-refractivity contribution < 1.29 is 0 Å². The van der Waals surface area contributed by atoms with Crippen molar-refractivity contribution in [2.45, 2.75) is 19.5 Å². The van der Waals surface area contributed by atoms with Gasteiger partial charge in [0.15, 0.2) is 0 Å². The topological polar surface area (TPSA) is 12.0 Å². The zero-order valence-electron chi connectivity index (χ0n) is 10.2. The van der Waals surface area contributed by atoms with Crippen LogP contribution in [0.3, 0.4) is 0 Å². The molecule has 1 nitrogen and oxygen atoms in total. The Bertz CT molecular complexity index is 510. The number of nitrogens with one attached hydrogen (secondary N) is 1. The second-order valence-corrected chi connectivity index (χ2v) is 5.54. The van der Waals surface area contributed by atoms with Crippen molar-refractivity contribution >= 4 is 27.5 Å². The Labute approximate surface area is 121 Å². The maximum atomic E-state index is 5.88. The van der Waals surface area contributed by atoms with Crippen molar-refractivity contribution in [3.63, 3.8) is 0 Å². The predicted octanol–water partition coefficient (Wildman–Crippen LogP) is 4.95. The lowest BCUT2D eigenvalue weighted by molar-refractivity contribution is 0.574. The van der Waals surface area contributed by atoms with E-state index in [1.807, 2.05) is 18.2 Å². The number of rotatable bonds is 4. The maximum absolute atomic E-state index is 5.88. The second kappa shape index (κ2) is 6.37. The normalized spacial score (nSPS) is 12.4. The van der Waals surface area contributed by atoms with Gasteiger partial charge in [0, 0.05) is 22.1 Å². The van der Waals surface area contributed by atoms with Gasteiger partial charge >= 0.3 is 0 Å². The summed E-state index contributed by atoms with van der Waals surface area (Å²) in [6.45, 7) is 2.99. The molecule has 0 bridgehead atoms. The van der Waals surface area contributed by atoms with Gasteiger partial charge in [-0.3, -0.25) is 0 Å². The van der Waals surface area contributed by atoms with Crippen molar-refractivity contribution in [1.29, 1.82) is 0 Å². The fraction of sp³-hybridized carbons (Fsp3) is 0.200. The third-order valence-corrected chi connectivity index (χ3v) is 3.95. The minimum absolute atomic E-state index is 0.300. The number of hydrogen-bond acceptors (Lipinski definition) is 1. The third kappa shape index (κ3) is 3.58. The molecule has 0 saturated carbocycles. The van der Waals surface area contributed by atoms with Crippen LogP contribution < -0.4 is 5.32 Å². The molecule has 0 aromatic heterocycles. The lowest BCUT2D eigenvalue weighted by atomic mass is 10.1. The van der Waals surface area contributed by atoms with Crippen LogP contribution in [0.15, 0.2) is 53.0 Å². The van der Waals surface area contributed by atoms with Gasteiger partial charge in [-0.1, -0.05) is 57.9 Å². The zero-order valence-corrected chi connectivity index (χ0v) is 12.5. The molecule has 0 unspecified atom stereocenters. The van der Waals surface area contributed by atoms with E-state index in [0.29, 0.717) is 6.04 Å². The summed E-state index contributed by atoms with van der Waals surface area (Å²) in [5.41, 5.74) is 2.50. The van der Waals surface area contributed by atoms with E-state index < -0.39 is 0 Å². The predicted molar refractivity (Wildman–Crippen MR) is 80.8 cm³/mol. The Kier molecular flexibility index (Phi) is 4.81. The maximum Gasteiger partial charge on any atom is 0.0406 e. The fourth-order valence-electron chi connectivity index (χ4n) is 1.77. The molecule has 0 amide bonds. The minimum atomic E-state index is 0.300. The van der Waals surface area contributed by atoms with Gasteiger partial charge in [-0.05, 0) is 36.2 Å². The average molecular weight is 325 g/mol. The van der Waals surface area contributed by atoms with E-state index in [2.05, 4.69) is 58.5 Å². The molecule has 0 spiro atoms. The van der Waals surface area contributed by atoms with E-state index in [0.717, 1.165) is 16.0 Å². The monoisotopic (exact) mass is 323 g/mol. The van der Waals surface area contributed by atoms with Crippen LogP contribution in [0.1, 0.15) is 24.1 Å². The molecule has 0 heterocycles. The summed E-state index contributed by atoms with van der Waals surface area (Å²) in [5, 5.41) is 4.28. The molecule has 2 aromatic carbocycles. The summed E-state index contributed by atoms with van der Waals surface area (Å²) in [5.74, 6) is 0. The highest BCUT2D eigenvalue weighted by atomic mass is 79.9. The Morgan fingerprint density at radius 1 is 1.11 bits per heavy atom. The highest BCUT2D eigenvalue weighted by Crippen LogP contribution is 2.19. The van der Waals surface area contributed by atoms with Crippen LogP contribution in [0.25, 0.3) is 0 Å². The number of hydrogen-bond donors (Lipinski definition) is 1. The summed E-state index contributed by atoms with van der Waals surface area (Å²) in [6, 6.07) is 16.5. The molecule has 0 aliphatic rings. The summed E-state index contributed by atoms with van der Waals surface area (Å²) in [7, 11) is 0. The van der Waals surface area contributed by atoms with E-state index in [1.54, 1.807) is 0 Å². The molecule has 0 aliphatic carbocycles. The summed E-state index contributed by atoms with van der Waals surface area (Å²) in [4.78, 5) is 0. The van der Waals surface area contributed by atoms with Gasteiger partial charge < -0.3 is 5.32 Å². The first-order valence-corrected chi connectivity index (χ1v) is 7.06. The van der Waals surface area contributed by atoms with Crippen LogP contribution in [0.2, 0.25) is 5.02 Å². The van der Waals surface area contributed by atoms with Gasteiger partial charge in [0.05, 0.1) is 0 Å². The van der Waals surface area contributed by atoms with Crippen molar-refractivity contribution in [2.75, 3.05) is 0 Å². The van der Waals surface area contributed by atoms with Crippen molar-refractivity contribution in [3.05, 3.63) is 69.2 Å². The largest absolute Gasteiger partial charge is 0.306 e. The first-order valence-electron chi connectivity index (χ1n) is 5.89. The zero-order chi connectivity index (χ0) is 13.0. The SMILES string of the molecule is C[C@@H](NCc1ccccc1Br)c1ccc(Cl)cc1. The molecule has 94 valence electrons. The third-order valence-electron chi connectivity index (χ3n) is 2.93. The molecule has 1 N–H and O–H groups in total. The van der Waals surface area contributed by atoms with Gasteiger partial charge in [-0.2, -0.15) is 0 Å². The molecular weight excluding hydrogens is 310 g/mol. The molecular formula is C15H15BrClN. The Morgan fingerprint density at radius 3 is 2.44 bits per heavy atom. The van der Waals surface area contributed by atoms with E-state index in [-0.39, 0.29) is 0 Å². The van der Waals surface area contributed by atoms with Gasteiger partial charge in [-0.15, -0.1) is 0 Å². The first-order chi connectivity index (χ1) is 8.66. The standard InChI is InChI=1S/C15H15BrClN/c1-11(12-6-8-14(17)9-7-12)18-10-13-4-2-3-5-15(13)16/h2-9,11,18H,10H2,1H3/t11-/m1/s1. The highest BCUT2D eigenvalue weighted by molar-refractivity contribution is 9.10. The first kappa shape index (κ1) is 13.6. The lowest BCUT2D eigenvalue weighted by Gasteiger charge is -2.15. The summed E-state index contributed by atoms with van der Waals surface area (Å²) < 4.78 is 1.14. The smallest absolute Gasteiger partial charge is 0.0406 e. The van der Waals surface area contributed by atoms with Gasteiger partial charge in [0.1, 0.15) is 0 Å². The van der Waals surface area contributed by atoms with Crippen molar-refractivity contribution in [3.8, 4) is 0 Å². The summed E-state index contributed by atoms with van der Waals surface area (Å²) in [6.07, 6.45) is 0. The van der Waals surface area contributed by atoms with Crippen LogP contribution in [0, 0.1) is 0 Å². The van der Waals surface area contributed by atoms with Gasteiger partial charge in [0.2, 0.25) is 0 Å². The minimum Gasteiger partial charge on any atom is -0.306 e. The summed E-state index contributed by atoms with van der Waals surface area (Å²) >= 11 is 9.44. The molecule has 0 radical (unpaired) electrons. The van der Waals surface area contributed by atoms with Gasteiger partial charge in [0.25, 0.3) is 0 Å². The quantitative estimate of drug-likeness (QED) is 0.838. The molecule has 18 heavy (non-hydrogen) atoms. The Morgan fingerprint density at radius 2 is 1.78 bits per heavy atom. The highest BCUT2D eigenvalue weighted by Gasteiger charge is 2.05. The number of benzene rings is 2. The average Bonchev–Trinajstić information content (AvgIpc) is 2.38. The molecule has 3 heteroatoms. The van der Waals surface area contributed by atoms with Crippen LogP contribution in [-0.2, 0) is 6.54 Å². The molecule has 0 saturated heterocycles. The van der Waals surface area contributed by atoms with Crippen molar-refractivity contribution in [1.82, 2.24) is 5.32 Å². The Balaban J connectivity index is 1.98. The number of halogens is 2. The molecule has 0 aliphatic heterocycles. The van der Waals surface area contributed by atoms with E-state index in [1.165, 1.54) is 11.1 Å². The van der Waals surface area contributed by atoms with Crippen LogP contribution in [0.5, 0.6) is 0 Å². The molecule has 2 aromatic rings.